The fraction of sp³-hybridized carbons (Fsp3) is 0.100. The first-order valence-electron chi connectivity index (χ1n) is 7.50. The van der Waals surface area contributed by atoms with E-state index in [2.05, 4.69) is 25.1 Å². The van der Waals surface area contributed by atoms with Crippen LogP contribution in [0.15, 0.2) is 59.1 Å². The maximum Gasteiger partial charge on any atom is 0.256 e. The Kier molecular flexibility index (Phi) is 2.92. The lowest BCUT2D eigenvalue weighted by atomic mass is 10.0. The SMILES string of the molecule is Cc1ccccc1-c1c2oc3ccccc3c2c(C#N)c[n+]1C. The van der Waals surface area contributed by atoms with Gasteiger partial charge in [0.15, 0.2) is 6.20 Å². The van der Waals surface area contributed by atoms with Gasteiger partial charge in [-0.1, -0.05) is 36.4 Å². The zero-order valence-corrected chi connectivity index (χ0v) is 13.0. The summed E-state index contributed by atoms with van der Waals surface area (Å²) in [5.41, 5.74) is 5.48. The topological polar surface area (TPSA) is 40.8 Å². The van der Waals surface area contributed by atoms with Gasteiger partial charge < -0.3 is 4.42 Å². The number of hydrogen-bond acceptors (Lipinski definition) is 2. The fourth-order valence-electron chi connectivity index (χ4n) is 3.20. The third-order valence-electron chi connectivity index (χ3n) is 4.28. The molecule has 0 aliphatic rings. The van der Waals surface area contributed by atoms with Crippen LogP contribution in [0.4, 0.5) is 0 Å². The van der Waals surface area contributed by atoms with Crippen LogP contribution in [0.1, 0.15) is 11.1 Å². The van der Waals surface area contributed by atoms with E-state index >= 15 is 0 Å². The van der Waals surface area contributed by atoms with E-state index in [4.69, 9.17) is 4.42 Å². The molecule has 0 aliphatic carbocycles. The van der Waals surface area contributed by atoms with Crippen molar-refractivity contribution in [2.75, 3.05) is 0 Å². The van der Waals surface area contributed by atoms with E-state index in [0.717, 1.165) is 33.2 Å². The van der Waals surface area contributed by atoms with Gasteiger partial charge in [-0.15, -0.1) is 0 Å². The molecule has 0 atom stereocenters. The molecule has 23 heavy (non-hydrogen) atoms. The third-order valence-corrected chi connectivity index (χ3v) is 4.28. The number of benzene rings is 2. The summed E-state index contributed by atoms with van der Waals surface area (Å²) in [6.45, 7) is 2.09. The highest BCUT2D eigenvalue weighted by Crippen LogP contribution is 2.36. The van der Waals surface area contributed by atoms with Crippen molar-refractivity contribution in [1.29, 1.82) is 5.26 Å². The van der Waals surface area contributed by atoms with E-state index in [1.807, 2.05) is 54.2 Å². The van der Waals surface area contributed by atoms with Gasteiger partial charge in [0.25, 0.3) is 5.69 Å². The summed E-state index contributed by atoms with van der Waals surface area (Å²) >= 11 is 0. The van der Waals surface area contributed by atoms with E-state index in [0.29, 0.717) is 5.56 Å². The van der Waals surface area contributed by atoms with Crippen molar-refractivity contribution in [3.05, 3.63) is 65.9 Å². The number of nitrogens with zero attached hydrogens (tertiary/aromatic N) is 2. The summed E-state index contributed by atoms with van der Waals surface area (Å²) < 4.78 is 8.12. The molecule has 0 spiro atoms. The molecule has 2 aromatic heterocycles. The third kappa shape index (κ3) is 1.92. The number of para-hydroxylation sites is 1. The molecule has 4 rings (SSSR count). The molecular weight excluding hydrogens is 284 g/mol. The van der Waals surface area contributed by atoms with Crippen LogP contribution in [0.5, 0.6) is 0 Å². The van der Waals surface area contributed by atoms with Gasteiger partial charge in [-0.2, -0.15) is 9.83 Å². The number of furan rings is 1. The van der Waals surface area contributed by atoms with Gasteiger partial charge in [0.05, 0.1) is 10.9 Å². The average Bonchev–Trinajstić information content (AvgIpc) is 2.94. The van der Waals surface area contributed by atoms with Gasteiger partial charge in [-0.05, 0) is 24.6 Å². The molecule has 110 valence electrons. The first-order valence-corrected chi connectivity index (χ1v) is 7.50. The Morgan fingerprint density at radius 1 is 1.04 bits per heavy atom. The molecule has 4 aromatic rings. The number of rotatable bonds is 1. The van der Waals surface area contributed by atoms with Crippen molar-refractivity contribution in [1.82, 2.24) is 0 Å². The molecular formula is C20H15N2O+. The number of aromatic nitrogens is 1. The van der Waals surface area contributed by atoms with E-state index < -0.39 is 0 Å². The van der Waals surface area contributed by atoms with E-state index in [1.54, 1.807) is 0 Å². The highest BCUT2D eigenvalue weighted by atomic mass is 16.3. The van der Waals surface area contributed by atoms with Gasteiger partial charge in [0, 0.05) is 5.39 Å². The first-order chi connectivity index (χ1) is 11.2. The summed E-state index contributed by atoms with van der Waals surface area (Å²) in [4.78, 5) is 0. The van der Waals surface area contributed by atoms with Crippen molar-refractivity contribution >= 4 is 21.9 Å². The van der Waals surface area contributed by atoms with E-state index in [-0.39, 0.29) is 0 Å². The Balaban J connectivity index is 2.24. The monoisotopic (exact) mass is 299 g/mol. The molecule has 0 amide bonds. The average molecular weight is 299 g/mol. The van der Waals surface area contributed by atoms with Crippen molar-refractivity contribution in [2.45, 2.75) is 6.92 Å². The van der Waals surface area contributed by atoms with Crippen LogP contribution in [0, 0.1) is 18.3 Å². The predicted octanol–water partition coefficient (Wildman–Crippen LogP) is 4.26. The molecule has 0 bridgehead atoms. The number of hydrogen-bond donors (Lipinski definition) is 0. The normalized spacial score (nSPS) is 11.0. The van der Waals surface area contributed by atoms with Crippen LogP contribution in [0.25, 0.3) is 33.2 Å². The Morgan fingerprint density at radius 2 is 1.78 bits per heavy atom. The van der Waals surface area contributed by atoms with Crippen LogP contribution in [-0.4, -0.2) is 0 Å². The lowest BCUT2D eigenvalue weighted by Crippen LogP contribution is -2.31. The fourth-order valence-corrected chi connectivity index (χ4v) is 3.20. The standard InChI is InChI=1S/C20H15N2O/c1-13-7-3-4-8-15(13)19-20-18(14(11-21)12-22(19)2)16-9-5-6-10-17(16)23-20/h3-10,12H,1-2H3/q+1. The Bertz CT molecular complexity index is 1100. The van der Waals surface area contributed by atoms with Crippen LogP contribution < -0.4 is 4.57 Å². The van der Waals surface area contributed by atoms with E-state index in [9.17, 15) is 5.26 Å². The minimum absolute atomic E-state index is 0.629. The lowest BCUT2D eigenvalue weighted by Gasteiger charge is -2.05. The zero-order chi connectivity index (χ0) is 16.0. The van der Waals surface area contributed by atoms with Crippen LogP contribution >= 0.6 is 0 Å². The highest BCUT2D eigenvalue weighted by Gasteiger charge is 2.25. The second-order valence-corrected chi connectivity index (χ2v) is 5.73. The smallest absolute Gasteiger partial charge is 0.256 e. The van der Waals surface area contributed by atoms with Crippen molar-refractivity contribution < 1.29 is 8.98 Å². The maximum atomic E-state index is 9.55. The molecule has 2 heterocycles. The minimum Gasteiger partial charge on any atom is -0.449 e. The summed E-state index contributed by atoms with van der Waals surface area (Å²) in [6.07, 6.45) is 1.88. The molecule has 0 radical (unpaired) electrons. The van der Waals surface area contributed by atoms with Gasteiger partial charge in [0.1, 0.15) is 24.3 Å². The van der Waals surface area contributed by atoms with Crippen molar-refractivity contribution in [3.63, 3.8) is 0 Å². The second-order valence-electron chi connectivity index (χ2n) is 5.73. The number of nitriles is 1. The maximum absolute atomic E-state index is 9.55. The molecule has 3 nitrogen and oxygen atoms in total. The molecule has 0 saturated carbocycles. The largest absolute Gasteiger partial charge is 0.449 e. The molecule has 3 heteroatoms. The number of aryl methyl sites for hydroxylation is 2. The Hall–Kier alpha value is -3.12. The first kappa shape index (κ1) is 13.5. The van der Waals surface area contributed by atoms with Crippen molar-refractivity contribution in [3.8, 4) is 17.3 Å². The van der Waals surface area contributed by atoms with Gasteiger partial charge in [-0.25, -0.2) is 0 Å². The summed E-state index contributed by atoms with van der Waals surface area (Å²) in [5.74, 6) is 0. The van der Waals surface area contributed by atoms with Crippen molar-refractivity contribution in [2.24, 2.45) is 7.05 Å². The van der Waals surface area contributed by atoms with Crippen LogP contribution in [0.3, 0.4) is 0 Å². The molecule has 0 unspecified atom stereocenters. The van der Waals surface area contributed by atoms with Crippen LogP contribution in [0.2, 0.25) is 0 Å². The predicted molar refractivity (Wildman–Crippen MR) is 89.8 cm³/mol. The van der Waals surface area contributed by atoms with E-state index in [1.165, 1.54) is 5.56 Å². The summed E-state index contributed by atoms with van der Waals surface area (Å²) in [7, 11) is 1.95. The Morgan fingerprint density at radius 3 is 2.57 bits per heavy atom. The summed E-state index contributed by atoms with van der Waals surface area (Å²) in [5, 5.41) is 11.4. The Labute approximate surface area is 134 Å². The van der Waals surface area contributed by atoms with Gasteiger partial charge >= 0.3 is 0 Å². The quantitative estimate of drug-likeness (QED) is 0.493. The number of fused-ring (bicyclic) bond motifs is 3. The molecule has 0 fully saturated rings. The zero-order valence-electron chi connectivity index (χ0n) is 13.0. The number of pyridine rings is 1. The molecule has 0 aliphatic heterocycles. The molecule has 2 aromatic carbocycles. The summed E-state index contributed by atoms with van der Waals surface area (Å²) in [6, 6.07) is 18.4. The van der Waals surface area contributed by atoms with Gasteiger partial charge in [0.2, 0.25) is 5.58 Å². The van der Waals surface area contributed by atoms with Crippen LogP contribution in [-0.2, 0) is 7.05 Å². The second kappa shape index (κ2) is 4.96. The lowest BCUT2D eigenvalue weighted by molar-refractivity contribution is -0.659. The molecule has 0 saturated heterocycles. The minimum atomic E-state index is 0.629. The van der Waals surface area contributed by atoms with Gasteiger partial charge in [-0.3, -0.25) is 0 Å². The molecule has 0 N–H and O–H groups in total. The highest BCUT2D eigenvalue weighted by molar-refractivity contribution is 6.10.